The highest BCUT2D eigenvalue weighted by Gasteiger charge is 2.18. The minimum atomic E-state index is -1.52. The van der Waals surface area contributed by atoms with Gasteiger partial charge in [0.05, 0.1) is 0 Å². The molecule has 0 bridgehead atoms. The molecule has 0 heterocycles. The Morgan fingerprint density at radius 1 is 0.800 bits per heavy atom. The van der Waals surface area contributed by atoms with Crippen LogP contribution in [0.25, 0.3) is 21.9 Å². The third-order valence-corrected chi connectivity index (χ3v) is 3.44. The molecule has 3 nitrogen and oxygen atoms in total. The second kappa shape index (κ2) is 5.00. The monoisotopic (exact) mass is 263 g/mol. The van der Waals surface area contributed by atoms with E-state index in [2.05, 4.69) is 0 Å². The Kier molecular flexibility index (Phi) is 3.18. The molecule has 0 saturated heterocycles. The van der Waals surface area contributed by atoms with Crippen molar-refractivity contribution in [2.45, 2.75) is 0 Å². The van der Waals surface area contributed by atoms with Crippen LogP contribution in [0.2, 0.25) is 0 Å². The second-order valence-corrected chi connectivity index (χ2v) is 4.75. The van der Waals surface area contributed by atoms with Crippen LogP contribution < -0.4 is 11.2 Å². The molecule has 3 aromatic rings. The van der Waals surface area contributed by atoms with Crippen LogP contribution in [-0.4, -0.2) is 17.2 Å². The number of anilines is 1. The zero-order valence-electron chi connectivity index (χ0n) is 10.8. The maximum Gasteiger partial charge on any atom is 0.489 e. The lowest BCUT2D eigenvalue weighted by molar-refractivity contribution is 0.426. The van der Waals surface area contributed by atoms with Crippen LogP contribution >= 0.6 is 0 Å². The molecule has 20 heavy (non-hydrogen) atoms. The lowest BCUT2D eigenvalue weighted by Gasteiger charge is -2.12. The van der Waals surface area contributed by atoms with Crippen molar-refractivity contribution in [2.24, 2.45) is 0 Å². The van der Waals surface area contributed by atoms with Gasteiger partial charge in [-0.1, -0.05) is 48.5 Å². The van der Waals surface area contributed by atoms with Crippen molar-refractivity contribution in [1.29, 1.82) is 0 Å². The molecule has 0 aromatic heterocycles. The fraction of sp³-hybridized carbons (Fsp3) is 0. The molecule has 0 fully saturated rings. The van der Waals surface area contributed by atoms with Gasteiger partial charge >= 0.3 is 7.12 Å². The topological polar surface area (TPSA) is 66.5 Å². The minimum Gasteiger partial charge on any atom is -0.423 e. The number of fused-ring (bicyclic) bond motifs is 1. The van der Waals surface area contributed by atoms with Gasteiger partial charge < -0.3 is 15.8 Å². The van der Waals surface area contributed by atoms with Crippen LogP contribution in [0, 0.1) is 0 Å². The Labute approximate surface area is 117 Å². The lowest BCUT2D eigenvalue weighted by atomic mass is 9.74. The zero-order chi connectivity index (χ0) is 14.1. The average molecular weight is 263 g/mol. The van der Waals surface area contributed by atoms with Gasteiger partial charge in [0, 0.05) is 5.69 Å². The quantitative estimate of drug-likeness (QED) is 0.487. The maximum atomic E-state index is 9.54. The molecule has 0 aliphatic rings. The van der Waals surface area contributed by atoms with E-state index in [4.69, 9.17) is 5.73 Å². The third kappa shape index (κ3) is 2.15. The van der Waals surface area contributed by atoms with Crippen molar-refractivity contribution in [1.82, 2.24) is 0 Å². The molecule has 0 aliphatic carbocycles. The molecule has 4 heteroatoms. The summed E-state index contributed by atoms with van der Waals surface area (Å²) in [5.41, 5.74) is 8.58. The summed E-state index contributed by atoms with van der Waals surface area (Å²) in [5, 5.41) is 21.2. The van der Waals surface area contributed by atoms with E-state index in [-0.39, 0.29) is 0 Å². The first-order valence-electron chi connectivity index (χ1n) is 6.40. The predicted molar refractivity (Wildman–Crippen MR) is 83.6 cm³/mol. The molecule has 0 amide bonds. The smallest absolute Gasteiger partial charge is 0.423 e. The van der Waals surface area contributed by atoms with Gasteiger partial charge in [0.2, 0.25) is 0 Å². The Morgan fingerprint density at radius 2 is 1.55 bits per heavy atom. The Hall–Kier alpha value is -2.30. The first-order valence-corrected chi connectivity index (χ1v) is 6.40. The van der Waals surface area contributed by atoms with Crippen molar-refractivity contribution in [3.8, 4) is 11.1 Å². The first kappa shape index (κ1) is 12.7. The molecule has 0 atom stereocenters. The second-order valence-electron chi connectivity index (χ2n) is 4.75. The highest BCUT2D eigenvalue weighted by atomic mass is 16.4. The van der Waals surface area contributed by atoms with Crippen molar-refractivity contribution in [3.63, 3.8) is 0 Å². The summed E-state index contributed by atoms with van der Waals surface area (Å²) < 4.78 is 0. The van der Waals surface area contributed by atoms with E-state index in [1.54, 1.807) is 18.2 Å². The van der Waals surface area contributed by atoms with E-state index in [9.17, 15) is 10.0 Å². The Bertz CT molecular complexity index is 766. The van der Waals surface area contributed by atoms with E-state index in [1.165, 1.54) is 0 Å². The molecular formula is C16H14BNO2. The minimum absolute atomic E-state index is 0.454. The fourth-order valence-corrected chi connectivity index (χ4v) is 2.49. The van der Waals surface area contributed by atoms with Gasteiger partial charge in [0.15, 0.2) is 0 Å². The molecule has 3 aromatic carbocycles. The average Bonchev–Trinajstić information content (AvgIpc) is 2.46. The van der Waals surface area contributed by atoms with Gasteiger partial charge in [-0.3, -0.25) is 0 Å². The van der Waals surface area contributed by atoms with Crippen molar-refractivity contribution >= 4 is 29.0 Å². The molecule has 3 rings (SSSR count). The number of hydrogen-bond acceptors (Lipinski definition) is 3. The summed E-state index contributed by atoms with van der Waals surface area (Å²) in [6.45, 7) is 0. The van der Waals surface area contributed by atoms with Gasteiger partial charge in [0.25, 0.3) is 0 Å². The summed E-state index contributed by atoms with van der Waals surface area (Å²) in [4.78, 5) is 0. The van der Waals surface area contributed by atoms with Crippen LogP contribution in [0.3, 0.4) is 0 Å². The molecule has 0 radical (unpaired) electrons. The number of hydrogen-bond donors (Lipinski definition) is 3. The SMILES string of the molecule is Nc1ccc(B(O)O)c(-c2cccc3ccccc23)c1. The molecule has 0 aliphatic heterocycles. The molecule has 0 saturated carbocycles. The van der Waals surface area contributed by atoms with Gasteiger partial charge in [-0.2, -0.15) is 0 Å². The third-order valence-electron chi connectivity index (χ3n) is 3.44. The van der Waals surface area contributed by atoms with Crippen LogP contribution in [0.1, 0.15) is 0 Å². The molecule has 0 unspecified atom stereocenters. The van der Waals surface area contributed by atoms with E-state index < -0.39 is 7.12 Å². The molecule has 4 N–H and O–H groups in total. The van der Waals surface area contributed by atoms with E-state index in [0.29, 0.717) is 11.2 Å². The summed E-state index contributed by atoms with van der Waals surface area (Å²) in [7, 11) is -1.52. The number of benzene rings is 3. The molecule has 98 valence electrons. The standard InChI is InChI=1S/C16H14BNO2/c18-12-8-9-16(17(19)20)15(10-12)14-7-3-5-11-4-1-2-6-13(11)14/h1-10,19-20H,18H2. The highest BCUT2D eigenvalue weighted by Crippen LogP contribution is 2.28. The van der Waals surface area contributed by atoms with Crippen LogP contribution in [0.4, 0.5) is 5.69 Å². The van der Waals surface area contributed by atoms with Gasteiger partial charge in [-0.05, 0) is 39.5 Å². The van der Waals surface area contributed by atoms with Gasteiger partial charge in [-0.25, -0.2) is 0 Å². The zero-order valence-corrected chi connectivity index (χ0v) is 10.8. The lowest BCUT2D eigenvalue weighted by Crippen LogP contribution is -2.31. The van der Waals surface area contributed by atoms with E-state index >= 15 is 0 Å². The number of nitrogen functional groups attached to an aromatic ring is 1. The number of rotatable bonds is 2. The van der Waals surface area contributed by atoms with Crippen molar-refractivity contribution in [2.75, 3.05) is 5.73 Å². The Balaban J connectivity index is 2.33. The van der Waals surface area contributed by atoms with Crippen LogP contribution in [-0.2, 0) is 0 Å². The van der Waals surface area contributed by atoms with Crippen LogP contribution in [0.5, 0.6) is 0 Å². The summed E-state index contributed by atoms with van der Waals surface area (Å²) >= 11 is 0. The van der Waals surface area contributed by atoms with E-state index in [1.807, 2.05) is 42.5 Å². The largest absolute Gasteiger partial charge is 0.489 e. The molecule has 0 spiro atoms. The Morgan fingerprint density at radius 3 is 2.35 bits per heavy atom. The fourth-order valence-electron chi connectivity index (χ4n) is 2.49. The summed E-state index contributed by atoms with van der Waals surface area (Å²) in [6, 6.07) is 19.0. The molecular weight excluding hydrogens is 249 g/mol. The van der Waals surface area contributed by atoms with Crippen molar-refractivity contribution in [3.05, 3.63) is 60.7 Å². The van der Waals surface area contributed by atoms with E-state index in [0.717, 1.165) is 21.9 Å². The van der Waals surface area contributed by atoms with Crippen molar-refractivity contribution < 1.29 is 10.0 Å². The van der Waals surface area contributed by atoms with Gasteiger partial charge in [-0.15, -0.1) is 0 Å². The summed E-state index contributed by atoms with van der Waals surface area (Å²) in [5.74, 6) is 0. The van der Waals surface area contributed by atoms with Crippen LogP contribution in [0.15, 0.2) is 60.7 Å². The summed E-state index contributed by atoms with van der Waals surface area (Å²) in [6.07, 6.45) is 0. The first-order chi connectivity index (χ1) is 9.66. The predicted octanol–water partition coefficient (Wildman–Crippen LogP) is 1.77. The van der Waals surface area contributed by atoms with Gasteiger partial charge in [0.1, 0.15) is 0 Å². The normalized spacial score (nSPS) is 10.7. The highest BCUT2D eigenvalue weighted by molar-refractivity contribution is 6.60. The maximum absolute atomic E-state index is 9.54. The number of nitrogens with two attached hydrogens (primary N) is 1.